The molecule has 0 aromatic heterocycles. The first-order valence-electron chi connectivity index (χ1n) is 9.80. The highest BCUT2D eigenvalue weighted by molar-refractivity contribution is 7.87. The van der Waals surface area contributed by atoms with Crippen molar-refractivity contribution in [3.63, 3.8) is 0 Å². The second kappa shape index (κ2) is 11.1. The number of anilines is 1. The van der Waals surface area contributed by atoms with Crippen molar-refractivity contribution >= 4 is 56.7 Å². The van der Waals surface area contributed by atoms with Crippen LogP contribution in [-0.4, -0.2) is 26.4 Å². The van der Waals surface area contributed by atoms with E-state index in [9.17, 15) is 28.6 Å². The molecule has 0 unspecified atom stereocenters. The molecule has 0 bridgehead atoms. The minimum atomic E-state index is -4.65. The Balaban J connectivity index is 1.94. The van der Waals surface area contributed by atoms with E-state index < -0.39 is 31.5 Å². The zero-order chi connectivity index (χ0) is 26.5. The minimum Gasteiger partial charge on any atom is -0.493 e. The summed E-state index contributed by atoms with van der Waals surface area (Å²) in [5.74, 6) is -1.08. The number of halogens is 2. The number of nitrogens with zero attached hydrogens (tertiary/aromatic N) is 2. The number of carbonyl (C=O) groups is 1. The normalized spacial score (nSPS) is 11.3. The van der Waals surface area contributed by atoms with E-state index in [1.807, 2.05) is 0 Å². The van der Waals surface area contributed by atoms with Crippen LogP contribution in [0.5, 0.6) is 11.5 Å². The molecule has 0 aliphatic rings. The molecule has 184 valence electrons. The lowest BCUT2D eigenvalue weighted by Crippen LogP contribution is -2.13. The first-order valence-corrected chi connectivity index (χ1v) is 12.0. The average Bonchev–Trinajstić information content (AvgIpc) is 2.84. The number of ether oxygens (including phenoxy) is 1. The predicted octanol–water partition coefficient (Wildman–Crippen LogP) is 5.22. The molecule has 0 fully saturated rings. The highest BCUT2D eigenvalue weighted by Crippen LogP contribution is 2.33. The Morgan fingerprint density at radius 2 is 1.81 bits per heavy atom. The molecule has 3 aromatic rings. The summed E-state index contributed by atoms with van der Waals surface area (Å²) < 4.78 is 35.9. The topological polar surface area (TPSA) is 149 Å². The number of para-hydroxylation sites is 1. The van der Waals surface area contributed by atoms with Gasteiger partial charge < -0.3 is 14.2 Å². The molecule has 0 saturated heterocycles. The number of benzene rings is 3. The number of hydrogen-bond acceptors (Lipinski definition) is 8. The van der Waals surface area contributed by atoms with Crippen LogP contribution in [0.25, 0.3) is 6.08 Å². The molecule has 0 heterocycles. The standard InChI is InChI=1S/C23H15Cl2N3O7S/c1-34-20-9-6-14(10-15(13-26)23(29)27-16-7-8-17(24)18(25)12-16)11-21(20)35-36(32,33)22-5-3-2-4-19(22)28(30)31/h2-12H,1H3,(H,27,29)/b15-10+. The number of amides is 1. The van der Waals surface area contributed by atoms with Gasteiger partial charge in [-0.1, -0.05) is 41.4 Å². The van der Waals surface area contributed by atoms with E-state index in [2.05, 4.69) is 5.32 Å². The molecule has 0 aliphatic heterocycles. The van der Waals surface area contributed by atoms with E-state index in [0.29, 0.717) is 5.69 Å². The Hall–Kier alpha value is -4.11. The molecule has 13 heteroatoms. The summed E-state index contributed by atoms with van der Waals surface area (Å²) in [5, 5.41) is 23.7. The van der Waals surface area contributed by atoms with E-state index in [0.717, 1.165) is 12.1 Å². The van der Waals surface area contributed by atoms with Crippen molar-refractivity contribution in [1.29, 1.82) is 5.26 Å². The quantitative estimate of drug-likeness (QED) is 0.132. The number of nitrogens with one attached hydrogen (secondary N) is 1. The van der Waals surface area contributed by atoms with Gasteiger partial charge in [0.1, 0.15) is 11.6 Å². The second-order valence-corrected chi connectivity index (χ2v) is 9.25. The number of hydrogen-bond donors (Lipinski definition) is 1. The van der Waals surface area contributed by atoms with Gasteiger partial charge in [0.15, 0.2) is 16.4 Å². The Labute approximate surface area is 215 Å². The van der Waals surface area contributed by atoms with Crippen LogP contribution in [0.15, 0.2) is 71.1 Å². The fourth-order valence-corrected chi connectivity index (χ4v) is 4.32. The Kier molecular flexibility index (Phi) is 8.16. The van der Waals surface area contributed by atoms with Crippen molar-refractivity contribution in [2.45, 2.75) is 4.90 Å². The molecule has 0 saturated carbocycles. The third-order valence-corrected chi connectivity index (χ3v) is 6.59. The fraction of sp³-hybridized carbons (Fsp3) is 0.0435. The van der Waals surface area contributed by atoms with E-state index in [4.69, 9.17) is 32.1 Å². The van der Waals surface area contributed by atoms with Crippen molar-refractivity contribution in [2.24, 2.45) is 0 Å². The fourth-order valence-electron chi connectivity index (χ4n) is 2.92. The monoisotopic (exact) mass is 547 g/mol. The van der Waals surface area contributed by atoms with Crippen molar-refractivity contribution in [2.75, 3.05) is 12.4 Å². The molecule has 10 nitrogen and oxygen atoms in total. The van der Waals surface area contributed by atoms with Gasteiger partial charge in [0.2, 0.25) is 0 Å². The number of nitro benzene ring substituents is 1. The highest BCUT2D eigenvalue weighted by Gasteiger charge is 2.28. The van der Waals surface area contributed by atoms with Crippen LogP contribution in [0.2, 0.25) is 10.0 Å². The smallest absolute Gasteiger partial charge is 0.346 e. The van der Waals surface area contributed by atoms with Crippen LogP contribution in [0.3, 0.4) is 0 Å². The highest BCUT2D eigenvalue weighted by atomic mass is 35.5. The molecule has 0 radical (unpaired) electrons. The Morgan fingerprint density at radius 3 is 2.44 bits per heavy atom. The lowest BCUT2D eigenvalue weighted by atomic mass is 10.1. The maximum absolute atomic E-state index is 12.8. The van der Waals surface area contributed by atoms with Crippen LogP contribution in [0.4, 0.5) is 11.4 Å². The van der Waals surface area contributed by atoms with Gasteiger partial charge in [0.05, 0.1) is 22.1 Å². The average molecular weight is 548 g/mol. The zero-order valence-electron chi connectivity index (χ0n) is 18.3. The number of nitriles is 1. The number of rotatable bonds is 8. The zero-order valence-corrected chi connectivity index (χ0v) is 20.6. The van der Waals surface area contributed by atoms with Gasteiger partial charge in [0, 0.05) is 11.8 Å². The second-order valence-electron chi connectivity index (χ2n) is 6.93. The summed E-state index contributed by atoms with van der Waals surface area (Å²) in [5.41, 5.74) is -0.480. The largest absolute Gasteiger partial charge is 0.493 e. The van der Waals surface area contributed by atoms with Crippen LogP contribution in [0, 0.1) is 21.4 Å². The molecule has 1 amide bonds. The van der Waals surface area contributed by atoms with Gasteiger partial charge in [-0.05, 0) is 48.0 Å². The lowest BCUT2D eigenvalue weighted by Gasteiger charge is -2.12. The van der Waals surface area contributed by atoms with Crippen molar-refractivity contribution < 1.29 is 27.1 Å². The summed E-state index contributed by atoms with van der Waals surface area (Å²) in [6.45, 7) is 0. The van der Waals surface area contributed by atoms with E-state index >= 15 is 0 Å². The molecule has 0 spiro atoms. The Bertz CT molecular complexity index is 1530. The van der Waals surface area contributed by atoms with Crippen molar-refractivity contribution in [1.82, 2.24) is 0 Å². The molecular formula is C23H15Cl2N3O7S. The van der Waals surface area contributed by atoms with Gasteiger partial charge in [-0.25, -0.2) is 0 Å². The van der Waals surface area contributed by atoms with Crippen molar-refractivity contribution in [3.8, 4) is 17.6 Å². The summed E-state index contributed by atoms with van der Waals surface area (Å²) in [6, 6.07) is 14.8. The summed E-state index contributed by atoms with van der Waals surface area (Å²) in [4.78, 5) is 22.3. The summed E-state index contributed by atoms with van der Waals surface area (Å²) in [7, 11) is -3.38. The van der Waals surface area contributed by atoms with Gasteiger partial charge in [0.25, 0.3) is 11.6 Å². The molecular weight excluding hydrogens is 533 g/mol. The van der Waals surface area contributed by atoms with Crippen LogP contribution in [-0.2, 0) is 14.9 Å². The van der Waals surface area contributed by atoms with Gasteiger partial charge >= 0.3 is 10.1 Å². The molecule has 3 aromatic carbocycles. The third kappa shape index (κ3) is 6.11. The molecule has 36 heavy (non-hydrogen) atoms. The van der Waals surface area contributed by atoms with E-state index in [-0.39, 0.29) is 32.7 Å². The lowest BCUT2D eigenvalue weighted by molar-refractivity contribution is -0.387. The first kappa shape index (κ1) is 26.5. The summed E-state index contributed by atoms with van der Waals surface area (Å²) in [6.07, 6.45) is 1.19. The van der Waals surface area contributed by atoms with Crippen LogP contribution < -0.4 is 14.2 Å². The van der Waals surface area contributed by atoms with Crippen molar-refractivity contribution in [3.05, 3.63) is 92.0 Å². The first-order chi connectivity index (χ1) is 17.1. The summed E-state index contributed by atoms with van der Waals surface area (Å²) >= 11 is 11.8. The molecule has 0 aliphatic carbocycles. The maximum Gasteiger partial charge on any atom is 0.346 e. The van der Waals surface area contributed by atoms with Gasteiger partial charge in [-0.2, -0.15) is 13.7 Å². The number of methoxy groups -OCH3 is 1. The van der Waals surface area contributed by atoms with Crippen LogP contribution >= 0.6 is 23.2 Å². The third-order valence-electron chi connectivity index (χ3n) is 4.57. The van der Waals surface area contributed by atoms with E-state index in [1.54, 1.807) is 6.07 Å². The maximum atomic E-state index is 12.8. The van der Waals surface area contributed by atoms with Crippen LogP contribution in [0.1, 0.15) is 5.56 Å². The predicted molar refractivity (Wildman–Crippen MR) is 133 cm³/mol. The number of carbonyl (C=O) groups excluding carboxylic acids is 1. The van der Waals surface area contributed by atoms with E-state index in [1.165, 1.54) is 61.7 Å². The van der Waals surface area contributed by atoms with Gasteiger partial charge in [-0.3, -0.25) is 14.9 Å². The molecule has 0 atom stereocenters. The number of nitro groups is 1. The minimum absolute atomic E-state index is 0.00641. The Morgan fingerprint density at radius 1 is 1.08 bits per heavy atom. The molecule has 3 rings (SSSR count). The van der Waals surface area contributed by atoms with Gasteiger partial charge in [-0.15, -0.1) is 0 Å². The molecule has 1 N–H and O–H groups in total. The SMILES string of the molecule is COc1ccc(/C=C(\C#N)C(=O)Nc2ccc(Cl)c(Cl)c2)cc1OS(=O)(=O)c1ccccc1[N+](=O)[O-].